The van der Waals surface area contributed by atoms with E-state index in [2.05, 4.69) is 15.4 Å². The van der Waals surface area contributed by atoms with Crippen LogP contribution in [0.1, 0.15) is 24.7 Å². The number of ether oxygens (including phenoxy) is 1. The first-order chi connectivity index (χ1) is 7.93. The lowest BCUT2D eigenvalue weighted by Gasteiger charge is -2.10. The number of aryl methyl sites for hydroxylation is 1. The number of hydrogen-bond acceptors (Lipinski definition) is 5. The van der Waals surface area contributed by atoms with Crippen molar-refractivity contribution >= 4 is 11.8 Å². The van der Waals surface area contributed by atoms with E-state index in [4.69, 9.17) is 4.74 Å². The quantitative estimate of drug-likeness (QED) is 0.788. The zero-order valence-corrected chi connectivity index (χ0v) is 10.0. The Morgan fingerprint density at radius 3 is 3.38 bits per heavy atom. The molecule has 0 amide bonds. The van der Waals surface area contributed by atoms with Crippen molar-refractivity contribution in [3.63, 3.8) is 0 Å². The maximum absolute atomic E-state index is 5.42. The smallest absolute Gasteiger partial charge is 0.186 e. The maximum atomic E-state index is 5.42. The Morgan fingerprint density at radius 2 is 2.44 bits per heavy atom. The first-order valence-electron chi connectivity index (χ1n) is 5.82. The van der Waals surface area contributed by atoms with Crippen LogP contribution in [0.4, 0.5) is 0 Å². The van der Waals surface area contributed by atoms with Crippen LogP contribution in [0.5, 0.6) is 0 Å². The highest BCUT2D eigenvalue weighted by Gasteiger charge is 2.21. The first kappa shape index (κ1) is 10.6. The van der Waals surface area contributed by atoms with E-state index in [-0.39, 0.29) is 6.04 Å². The highest BCUT2D eigenvalue weighted by Crippen LogP contribution is 2.25. The summed E-state index contributed by atoms with van der Waals surface area (Å²) in [5, 5.41) is 9.09. The summed E-state index contributed by atoms with van der Waals surface area (Å²) < 4.78 is 7.46. The van der Waals surface area contributed by atoms with Crippen molar-refractivity contribution in [3.8, 4) is 0 Å². The van der Waals surface area contributed by atoms with Crippen molar-refractivity contribution in [2.45, 2.75) is 30.6 Å². The molecule has 0 aliphatic carbocycles. The van der Waals surface area contributed by atoms with Gasteiger partial charge in [0.25, 0.3) is 0 Å². The van der Waals surface area contributed by atoms with E-state index in [1.807, 2.05) is 16.4 Å². The molecule has 0 radical (unpaired) electrons. The van der Waals surface area contributed by atoms with Crippen LogP contribution in [-0.2, 0) is 11.3 Å². The second kappa shape index (κ2) is 4.73. The van der Waals surface area contributed by atoms with Gasteiger partial charge in [0, 0.05) is 25.4 Å². The number of aromatic nitrogens is 3. The fourth-order valence-electron chi connectivity index (χ4n) is 2.05. The molecule has 3 heterocycles. The van der Waals surface area contributed by atoms with Gasteiger partial charge in [-0.3, -0.25) is 0 Å². The van der Waals surface area contributed by atoms with Crippen molar-refractivity contribution in [2.75, 3.05) is 25.5 Å². The Kier molecular flexibility index (Phi) is 3.12. The molecule has 0 bridgehead atoms. The van der Waals surface area contributed by atoms with Crippen LogP contribution in [0.25, 0.3) is 0 Å². The summed E-state index contributed by atoms with van der Waals surface area (Å²) in [5.41, 5.74) is 0. The molecule has 1 fully saturated rings. The number of fused-ring (bicyclic) bond motifs is 1. The average molecular weight is 240 g/mol. The Labute approximate surface area is 99.0 Å². The van der Waals surface area contributed by atoms with Crippen LogP contribution in [0.3, 0.4) is 0 Å². The van der Waals surface area contributed by atoms with Gasteiger partial charge in [-0.1, -0.05) is 11.8 Å². The topological polar surface area (TPSA) is 52.0 Å². The molecule has 16 heavy (non-hydrogen) atoms. The van der Waals surface area contributed by atoms with E-state index in [9.17, 15) is 0 Å². The van der Waals surface area contributed by atoms with Crippen LogP contribution in [0.2, 0.25) is 0 Å². The molecule has 2 aliphatic rings. The molecule has 5 nitrogen and oxygen atoms in total. The van der Waals surface area contributed by atoms with Gasteiger partial charge in [0.05, 0.1) is 12.6 Å². The summed E-state index contributed by atoms with van der Waals surface area (Å²) in [6.45, 7) is 3.49. The molecule has 3 rings (SSSR count). The van der Waals surface area contributed by atoms with Gasteiger partial charge >= 0.3 is 0 Å². The van der Waals surface area contributed by atoms with Crippen LogP contribution < -0.4 is 5.32 Å². The Morgan fingerprint density at radius 1 is 1.44 bits per heavy atom. The minimum absolute atomic E-state index is 0.265. The highest BCUT2D eigenvalue weighted by molar-refractivity contribution is 7.99. The molecule has 1 saturated heterocycles. The fourth-order valence-corrected chi connectivity index (χ4v) is 2.95. The normalized spacial score (nSPS) is 26.1. The van der Waals surface area contributed by atoms with E-state index in [1.54, 1.807) is 0 Å². The van der Waals surface area contributed by atoms with Crippen molar-refractivity contribution in [2.24, 2.45) is 0 Å². The Balaban J connectivity index is 1.79. The van der Waals surface area contributed by atoms with Gasteiger partial charge < -0.3 is 10.1 Å². The van der Waals surface area contributed by atoms with Crippen molar-refractivity contribution in [1.82, 2.24) is 20.1 Å². The van der Waals surface area contributed by atoms with Crippen molar-refractivity contribution in [1.29, 1.82) is 0 Å². The number of nitrogens with zero attached hydrogens (tertiary/aromatic N) is 3. The van der Waals surface area contributed by atoms with Crippen LogP contribution >= 0.6 is 11.8 Å². The average Bonchev–Trinajstić information content (AvgIpc) is 2.56. The van der Waals surface area contributed by atoms with Crippen LogP contribution in [0, 0.1) is 0 Å². The molecule has 6 heteroatoms. The van der Waals surface area contributed by atoms with Gasteiger partial charge in [-0.05, 0) is 12.8 Å². The molecule has 1 atom stereocenters. The summed E-state index contributed by atoms with van der Waals surface area (Å²) in [6.07, 6.45) is 2.16. The lowest BCUT2D eigenvalue weighted by atomic mass is 10.2. The molecule has 1 aromatic heterocycles. The zero-order chi connectivity index (χ0) is 10.8. The third-order valence-corrected chi connectivity index (χ3v) is 3.95. The zero-order valence-electron chi connectivity index (χ0n) is 9.19. The van der Waals surface area contributed by atoms with E-state index in [1.165, 1.54) is 12.2 Å². The second-order valence-electron chi connectivity index (χ2n) is 4.09. The summed E-state index contributed by atoms with van der Waals surface area (Å²) in [4.78, 5) is 4.61. The Hall–Kier alpha value is -0.590. The number of hydrogen-bond donors (Lipinski definition) is 1. The van der Waals surface area contributed by atoms with E-state index in [0.717, 1.165) is 43.7 Å². The number of thioether (sulfide) groups is 1. The molecular formula is C10H16N4OS. The molecule has 0 spiro atoms. The third-order valence-electron chi connectivity index (χ3n) is 2.90. The molecule has 2 aliphatic heterocycles. The first-order valence-corrected chi connectivity index (χ1v) is 6.81. The maximum Gasteiger partial charge on any atom is 0.186 e. The van der Waals surface area contributed by atoms with Crippen LogP contribution in [-0.4, -0.2) is 40.3 Å². The standard InChI is InChI=1S/C10H16N4OS/c1-4-14-10(16-7-1)12-9(13-14)8-2-5-15-6-3-11-8/h8,11H,1-7H2. The second-order valence-corrected chi connectivity index (χ2v) is 5.15. The summed E-state index contributed by atoms with van der Waals surface area (Å²) >= 11 is 1.81. The van der Waals surface area contributed by atoms with Gasteiger partial charge in [0.15, 0.2) is 11.0 Å². The van der Waals surface area contributed by atoms with E-state index < -0.39 is 0 Å². The molecule has 88 valence electrons. The number of rotatable bonds is 1. The van der Waals surface area contributed by atoms with Gasteiger partial charge in [-0.25, -0.2) is 9.67 Å². The minimum Gasteiger partial charge on any atom is -0.380 e. The van der Waals surface area contributed by atoms with Gasteiger partial charge in [-0.15, -0.1) is 0 Å². The lowest BCUT2D eigenvalue weighted by molar-refractivity contribution is 0.149. The van der Waals surface area contributed by atoms with Gasteiger partial charge in [-0.2, -0.15) is 5.10 Å². The summed E-state index contributed by atoms with van der Waals surface area (Å²) in [6, 6.07) is 0.265. The highest BCUT2D eigenvalue weighted by atomic mass is 32.2. The molecular weight excluding hydrogens is 224 g/mol. The lowest BCUT2D eigenvalue weighted by Crippen LogP contribution is -2.23. The summed E-state index contributed by atoms with van der Waals surface area (Å²) in [7, 11) is 0. The van der Waals surface area contributed by atoms with Crippen molar-refractivity contribution < 1.29 is 4.74 Å². The van der Waals surface area contributed by atoms with E-state index >= 15 is 0 Å². The minimum atomic E-state index is 0.265. The van der Waals surface area contributed by atoms with Gasteiger partial charge in [0.1, 0.15) is 0 Å². The third kappa shape index (κ3) is 2.09. The van der Waals surface area contributed by atoms with Gasteiger partial charge in [0.2, 0.25) is 0 Å². The SMILES string of the molecule is C1CSc2nc(C3CCOCCN3)nn2C1. The molecule has 0 saturated carbocycles. The molecule has 1 unspecified atom stereocenters. The monoisotopic (exact) mass is 240 g/mol. The van der Waals surface area contributed by atoms with Crippen LogP contribution in [0.15, 0.2) is 5.16 Å². The molecule has 0 aromatic carbocycles. The molecule has 1 N–H and O–H groups in total. The fraction of sp³-hybridized carbons (Fsp3) is 0.800. The predicted octanol–water partition coefficient (Wildman–Crippen LogP) is 0.825. The Bertz CT molecular complexity index is 336. The van der Waals surface area contributed by atoms with Crippen molar-refractivity contribution in [3.05, 3.63) is 5.82 Å². The van der Waals surface area contributed by atoms with E-state index in [0.29, 0.717) is 0 Å². The molecule has 1 aromatic rings. The summed E-state index contributed by atoms with van der Waals surface area (Å²) in [5.74, 6) is 2.11. The number of nitrogens with one attached hydrogen (secondary N) is 1. The predicted molar refractivity (Wildman–Crippen MR) is 61.5 cm³/mol. The largest absolute Gasteiger partial charge is 0.380 e.